The maximum Gasteiger partial charge on any atom is 0.433 e. The van der Waals surface area contributed by atoms with Gasteiger partial charge in [0.1, 0.15) is 11.5 Å². The van der Waals surface area contributed by atoms with Gasteiger partial charge in [-0.15, -0.1) is 0 Å². The molecule has 0 saturated carbocycles. The van der Waals surface area contributed by atoms with Crippen LogP contribution in [0.3, 0.4) is 0 Å². The van der Waals surface area contributed by atoms with Gasteiger partial charge in [0.05, 0.1) is 16.9 Å². The number of aryl methyl sites for hydroxylation is 1. The average Bonchev–Trinajstić information content (AvgIpc) is 2.40. The van der Waals surface area contributed by atoms with Crippen molar-refractivity contribution >= 4 is 17.4 Å². The topological polar surface area (TPSA) is 80.9 Å². The fraction of sp³-hybridized carbons (Fsp3) is 0.154. The first-order valence-corrected chi connectivity index (χ1v) is 5.85. The van der Waals surface area contributed by atoms with Crippen molar-refractivity contribution in [3.63, 3.8) is 0 Å². The van der Waals surface area contributed by atoms with Crippen LogP contribution in [0, 0.1) is 6.92 Å². The highest BCUT2D eigenvalue weighted by molar-refractivity contribution is 5.98. The molecule has 2 aromatic heterocycles. The summed E-state index contributed by atoms with van der Waals surface area (Å²) in [6.07, 6.45) is -3.08. The number of nitrogens with two attached hydrogens (primary N) is 1. The zero-order chi connectivity index (χ0) is 15.6. The first-order chi connectivity index (χ1) is 9.79. The number of rotatable bonds is 3. The monoisotopic (exact) mass is 296 g/mol. The molecule has 2 heterocycles. The molecule has 2 rings (SSSR count). The number of anilines is 2. The largest absolute Gasteiger partial charge is 0.433 e. The summed E-state index contributed by atoms with van der Waals surface area (Å²) < 4.78 is 38.1. The number of carbonyl (C=O) groups is 1. The van der Waals surface area contributed by atoms with Crippen LogP contribution in [0.25, 0.3) is 0 Å². The summed E-state index contributed by atoms with van der Waals surface area (Å²) in [5.74, 6) is -1.13. The zero-order valence-electron chi connectivity index (χ0n) is 10.9. The van der Waals surface area contributed by atoms with Gasteiger partial charge in [0, 0.05) is 6.20 Å². The number of halogens is 3. The second-order valence-corrected chi connectivity index (χ2v) is 4.22. The van der Waals surface area contributed by atoms with Crippen molar-refractivity contribution in [2.75, 3.05) is 5.32 Å². The Morgan fingerprint density at radius 2 is 2.00 bits per heavy atom. The molecule has 0 atom stereocenters. The van der Waals surface area contributed by atoms with E-state index >= 15 is 0 Å². The maximum absolute atomic E-state index is 12.7. The summed E-state index contributed by atoms with van der Waals surface area (Å²) >= 11 is 0. The Hall–Kier alpha value is -2.64. The van der Waals surface area contributed by atoms with E-state index in [1.807, 2.05) is 0 Å². The molecule has 3 N–H and O–H groups in total. The number of pyridine rings is 2. The lowest BCUT2D eigenvalue weighted by Gasteiger charge is -2.13. The van der Waals surface area contributed by atoms with Gasteiger partial charge in [0.25, 0.3) is 5.91 Å². The van der Waals surface area contributed by atoms with Crippen molar-refractivity contribution in [1.29, 1.82) is 0 Å². The van der Waals surface area contributed by atoms with E-state index in [2.05, 4.69) is 15.3 Å². The summed E-state index contributed by atoms with van der Waals surface area (Å²) in [4.78, 5) is 18.7. The number of nitrogens with zero attached hydrogens (tertiary/aromatic N) is 2. The molecule has 1 amide bonds. The summed E-state index contributed by atoms with van der Waals surface area (Å²) in [5.41, 5.74) is 4.89. The number of carbonyl (C=O) groups excluding carboxylic acids is 1. The van der Waals surface area contributed by atoms with Gasteiger partial charge in [0.15, 0.2) is 0 Å². The van der Waals surface area contributed by atoms with Gasteiger partial charge in [-0.2, -0.15) is 13.2 Å². The van der Waals surface area contributed by atoms with Gasteiger partial charge in [-0.3, -0.25) is 9.78 Å². The molecule has 0 aliphatic rings. The molecule has 0 aliphatic heterocycles. The molecular formula is C13H11F3N4O. The molecule has 0 fully saturated rings. The molecule has 0 aromatic carbocycles. The molecule has 5 nitrogen and oxygen atoms in total. The standard InChI is InChI=1S/C13H11F3N4O/c1-7-9(3-2-6-18-7)19-12-8(11(17)21)4-5-10(20-12)13(14,15)16/h2-6H,1H3,(H2,17,21)(H,19,20). The lowest BCUT2D eigenvalue weighted by Crippen LogP contribution is -2.17. The van der Waals surface area contributed by atoms with Gasteiger partial charge in [-0.05, 0) is 31.2 Å². The third-order valence-electron chi connectivity index (χ3n) is 2.71. The lowest BCUT2D eigenvalue weighted by atomic mass is 10.2. The third-order valence-corrected chi connectivity index (χ3v) is 2.71. The fourth-order valence-corrected chi connectivity index (χ4v) is 1.66. The van der Waals surface area contributed by atoms with Gasteiger partial charge in [0.2, 0.25) is 0 Å². The summed E-state index contributed by atoms with van der Waals surface area (Å²) in [7, 11) is 0. The molecule has 110 valence electrons. The van der Waals surface area contributed by atoms with Gasteiger partial charge in [-0.25, -0.2) is 4.98 Å². The van der Waals surface area contributed by atoms with Crippen LogP contribution in [0.4, 0.5) is 24.7 Å². The average molecular weight is 296 g/mol. The van der Waals surface area contributed by atoms with E-state index in [9.17, 15) is 18.0 Å². The Morgan fingerprint density at radius 3 is 2.57 bits per heavy atom. The van der Waals surface area contributed by atoms with Crippen LogP contribution in [0.15, 0.2) is 30.5 Å². The second kappa shape index (κ2) is 5.39. The normalized spacial score (nSPS) is 11.2. The Balaban J connectivity index is 2.49. The van der Waals surface area contributed by atoms with Crippen molar-refractivity contribution in [3.05, 3.63) is 47.4 Å². The maximum atomic E-state index is 12.7. The molecule has 0 saturated heterocycles. The number of nitrogens with one attached hydrogen (secondary N) is 1. The summed E-state index contributed by atoms with van der Waals surface area (Å²) in [5, 5.41) is 2.66. The van der Waals surface area contributed by atoms with Crippen molar-refractivity contribution in [2.24, 2.45) is 5.73 Å². The number of amides is 1. The lowest BCUT2D eigenvalue weighted by molar-refractivity contribution is -0.141. The van der Waals surface area contributed by atoms with Crippen molar-refractivity contribution < 1.29 is 18.0 Å². The number of hydrogen-bond donors (Lipinski definition) is 2. The second-order valence-electron chi connectivity index (χ2n) is 4.22. The van der Waals surface area contributed by atoms with Crippen LogP contribution in [0.1, 0.15) is 21.7 Å². The van der Waals surface area contributed by atoms with Crippen LogP contribution in [-0.2, 0) is 6.18 Å². The minimum atomic E-state index is -4.61. The van der Waals surface area contributed by atoms with Crippen LogP contribution in [-0.4, -0.2) is 15.9 Å². The Bertz CT molecular complexity index is 685. The zero-order valence-corrected chi connectivity index (χ0v) is 10.9. The van der Waals surface area contributed by atoms with Crippen LogP contribution < -0.4 is 11.1 Å². The van der Waals surface area contributed by atoms with E-state index in [0.29, 0.717) is 17.4 Å². The van der Waals surface area contributed by atoms with Gasteiger partial charge >= 0.3 is 6.18 Å². The van der Waals surface area contributed by atoms with Crippen molar-refractivity contribution in [2.45, 2.75) is 13.1 Å². The predicted molar refractivity (Wildman–Crippen MR) is 70.0 cm³/mol. The SMILES string of the molecule is Cc1ncccc1Nc1nc(C(F)(F)F)ccc1C(N)=O. The molecule has 8 heteroatoms. The van der Waals surface area contributed by atoms with E-state index in [0.717, 1.165) is 6.07 Å². The highest BCUT2D eigenvalue weighted by Gasteiger charge is 2.33. The first kappa shape index (κ1) is 14.8. The number of alkyl halides is 3. The first-order valence-electron chi connectivity index (χ1n) is 5.85. The molecule has 0 unspecified atom stereocenters. The van der Waals surface area contributed by atoms with Crippen molar-refractivity contribution in [3.8, 4) is 0 Å². The molecule has 0 aliphatic carbocycles. The van der Waals surface area contributed by atoms with Crippen LogP contribution in [0.5, 0.6) is 0 Å². The number of aromatic nitrogens is 2. The van der Waals surface area contributed by atoms with Gasteiger partial charge in [-0.1, -0.05) is 0 Å². The Labute approximate surface area is 118 Å². The molecule has 21 heavy (non-hydrogen) atoms. The van der Waals surface area contributed by atoms with E-state index in [1.54, 1.807) is 19.1 Å². The molecule has 2 aromatic rings. The van der Waals surface area contributed by atoms with Crippen LogP contribution >= 0.6 is 0 Å². The smallest absolute Gasteiger partial charge is 0.365 e. The number of primary amides is 1. The highest BCUT2D eigenvalue weighted by Crippen LogP contribution is 2.30. The quantitative estimate of drug-likeness (QED) is 0.912. The predicted octanol–water partition coefficient (Wildman–Crippen LogP) is 2.65. The molecule has 0 bridgehead atoms. The minimum absolute atomic E-state index is 0.133. The fourth-order valence-electron chi connectivity index (χ4n) is 1.66. The molecule has 0 spiro atoms. The highest BCUT2D eigenvalue weighted by atomic mass is 19.4. The van der Waals surface area contributed by atoms with E-state index in [4.69, 9.17) is 5.73 Å². The summed E-state index contributed by atoms with van der Waals surface area (Å²) in [6.45, 7) is 1.67. The molecular weight excluding hydrogens is 285 g/mol. The minimum Gasteiger partial charge on any atom is -0.365 e. The Kier molecular flexibility index (Phi) is 3.79. The van der Waals surface area contributed by atoms with E-state index in [1.165, 1.54) is 6.20 Å². The van der Waals surface area contributed by atoms with Gasteiger partial charge < -0.3 is 11.1 Å². The van der Waals surface area contributed by atoms with Crippen LogP contribution in [0.2, 0.25) is 0 Å². The van der Waals surface area contributed by atoms with Crippen molar-refractivity contribution in [1.82, 2.24) is 9.97 Å². The molecule has 0 radical (unpaired) electrons. The van der Waals surface area contributed by atoms with E-state index in [-0.39, 0.29) is 11.4 Å². The third kappa shape index (κ3) is 3.28. The Morgan fingerprint density at radius 1 is 1.29 bits per heavy atom. The van der Waals surface area contributed by atoms with E-state index < -0.39 is 17.8 Å². The summed E-state index contributed by atoms with van der Waals surface area (Å²) in [6, 6.07) is 4.91. The number of hydrogen-bond acceptors (Lipinski definition) is 4.